The van der Waals surface area contributed by atoms with Crippen molar-refractivity contribution in [1.29, 1.82) is 0 Å². The number of hydrogen-bond donors (Lipinski definition) is 2. The Kier molecular flexibility index (Phi) is 5.82. The summed E-state index contributed by atoms with van der Waals surface area (Å²) < 4.78 is 39.1. The molecule has 1 aliphatic rings. The van der Waals surface area contributed by atoms with Gasteiger partial charge in [0.05, 0.1) is 11.9 Å². The highest BCUT2D eigenvalue weighted by Gasteiger charge is 2.29. The number of aromatic nitrogens is 3. The number of imidazole rings is 1. The lowest BCUT2D eigenvalue weighted by atomic mass is 10.0. The van der Waals surface area contributed by atoms with E-state index in [1.165, 1.54) is 16.4 Å². The summed E-state index contributed by atoms with van der Waals surface area (Å²) >= 11 is 6.30. The first-order valence-corrected chi connectivity index (χ1v) is 10.5. The maximum absolute atomic E-state index is 13.1. The van der Waals surface area contributed by atoms with Crippen LogP contribution in [0.1, 0.15) is 25.5 Å². The van der Waals surface area contributed by atoms with Gasteiger partial charge in [-0.2, -0.15) is 4.31 Å². The summed E-state index contributed by atoms with van der Waals surface area (Å²) in [6.45, 7) is 2.25. The number of pyridine rings is 1. The zero-order valence-electron chi connectivity index (χ0n) is 15.1. The molecule has 3 rings (SSSR count). The molecule has 0 spiro atoms. The van der Waals surface area contributed by atoms with Crippen LogP contribution in [0, 0.1) is 5.82 Å². The van der Waals surface area contributed by atoms with Gasteiger partial charge in [0.25, 0.3) is 0 Å². The van der Waals surface area contributed by atoms with Crippen LogP contribution in [0.4, 0.5) is 4.39 Å². The van der Waals surface area contributed by atoms with E-state index in [0.717, 1.165) is 17.3 Å². The van der Waals surface area contributed by atoms with Crippen LogP contribution in [0.5, 0.6) is 0 Å². The van der Waals surface area contributed by atoms with E-state index in [1.54, 1.807) is 0 Å². The number of amides is 1. The van der Waals surface area contributed by atoms with Gasteiger partial charge in [0.2, 0.25) is 15.9 Å². The molecule has 8 nitrogen and oxygen atoms in total. The molecule has 28 heavy (non-hydrogen) atoms. The van der Waals surface area contributed by atoms with Crippen molar-refractivity contribution >= 4 is 33.1 Å². The summed E-state index contributed by atoms with van der Waals surface area (Å²) in [5, 5.41) is 0.306. The third-order valence-electron chi connectivity index (χ3n) is 4.46. The first-order valence-electron chi connectivity index (χ1n) is 8.50. The number of H-pyrrole nitrogens is 1. The predicted molar refractivity (Wildman–Crippen MR) is 103 cm³/mol. The van der Waals surface area contributed by atoms with Crippen molar-refractivity contribution in [2.75, 3.05) is 18.8 Å². The number of nitrogens with two attached hydrogens (primary N) is 1. The third-order valence-corrected chi connectivity index (χ3v) is 6.55. The van der Waals surface area contributed by atoms with Gasteiger partial charge in [-0.25, -0.2) is 22.8 Å². The lowest BCUT2D eigenvalue weighted by Crippen LogP contribution is -2.38. The minimum atomic E-state index is -3.58. The Hall–Kier alpha value is -2.30. The van der Waals surface area contributed by atoms with Crippen LogP contribution in [0.2, 0.25) is 5.15 Å². The van der Waals surface area contributed by atoms with Crippen LogP contribution < -0.4 is 5.73 Å². The molecule has 1 amide bonds. The van der Waals surface area contributed by atoms with Crippen LogP contribution in [-0.4, -0.2) is 52.4 Å². The topological polar surface area (TPSA) is 122 Å². The van der Waals surface area contributed by atoms with Crippen LogP contribution >= 0.6 is 11.6 Å². The van der Waals surface area contributed by atoms with E-state index < -0.39 is 21.7 Å². The minimum Gasteiger partial charge on any atom is -0.370 e. The first-order chi connectivity index (χ1) is 13.2. The van der Waals surface area contributed by atoms with Gasteiger partial charge in [0, 0.05) is 19.5 Å². The van der Waals surface area contributed by atoms with E-state index in [9.17, 15) is 17.6 Å². The summed E-state index contributed by atoms with van der Waals surface area (Å²) in [5.74, 6) is -1.02. The maximum atomic E-state index is 13.1. The molecule has 0 bridgehead atoms. The van der Waals surface area contributed by atoms with Crippen LogP contribution in [0.3, 0.4) is 0 Å². The Morgan fingerprint density at radius 3 is 2.79 bits per heavy atom. The Bertz CT molecular complexity index is 1030. The van der Waals surface area contributed by atoms with Gasteiger partial charge in [-0.1, -0.05) is 17.2 Å². The van der Waals surface area contributed by atoms with Gasteiger partial charge in [-0.05, 0) is 31.1 Å². The molecule has 2 aromatic heterocycles. The quantitative estimate of drug-likeness (QED) is 0.729. The van der Waals surface area contributed by atoms with Gasteiger partial charge < -0.3 is 10.7 Å². The second kappa shape index (κ2) is 7.98. The molecule has 0 radical (unpaired) electrons. The third kappa shape index (κ3) is 4.40. The fourth-order valence-electron chi connectivity index (χ4n) is 2.99. The van der Waals surface area contributed by atoms with E-state index in [4.69, 9.17) is 17.3 Å². The average Bonchev–Trinajstić information content (AvgIpc) is 3.02. The van der Waals surface area contributed by atoms with Gasteiger partial charge in [0.1, 0.15) is 22.4 Å². The van der Waals surface area contributed by atoms with Crippen LogP contribution in [-0.2, 0) is 14.8 Å². The van der Waals surface area contributed by atoms with Gasteiger partial charge >= 0.3 is 0 Å². The van der Waals surface area contributed by atoms with Crippen molar-refractivity contribution in [3.8, 4) is 11.5 Å². The molecule has 11 heteroatoms. The van der Waals surface area contributed by atoms with E-state index in [1.807, 2.05) is 6.92 Å². The number of halogens is 2. The second-order valence-electron chi connectivity index (χ2n) is 6.48. The highest BCUT2D eigenvalue weighted by atomic mass is 35.5. The molecule has 0 saturated heterocycles. The Morgan fingerprint density at radius 2 is 2.18 bits per heavy atom. The Labute approximate surface area is 166 Å². The Balaban J connectivity index is 1.83. The van der Waals surface area contributed by atoms with Crippen molar-refractivity contribution in [3.05, 3.63) is 40.6 Å². The molecule has 1 aliphatic heterocycles. The van der Waals surface area contributed by atoms with Crippen molar-refractivity contribution in [2.45, 2.75) is 19.8 Å². The number of aromatic amines is 1. The summed E-state index contributed by atoms with van der Waals surface area (Å²) in [7, 11) is -3.58. The van der Waals surface area contributed by atoms with Gasteiger partial charge in [0.15, 0.2) is 5.82 Å². The number of primary amides is 1. The van der Waals surface area contributed by atoms with E-state index >= 15 is 0 Å². The number of sulfonamides is 1. The standard InChI is InChI=1S/C17H19ClFN5O3S/c1-10-9-24(28(26,27)7-5-14(20)25)6-4-12(10)15-16(18)23-17(22-15)13-3-2-11(19)8-21-13/h2-3,8H,4-7,9H2,1H3,(H2,20,25)(H,22,23). The van der Waals surface area contributed by atoms with Crippen molar-refractivity contribution < 1.29 is 17.6 Å². The highest BCUT2D eigenvalue weighted by molar-refractivity contribution is 7.89. The fraction of sp³-hybridized carbons (Fsp3) is 0.353. The molecule has 3 heterocycles. The first kappa shape index (κ1) is 20.4. The number of nitrogens with one attached hydrogen (secondary N) is 1. The summed E-state index contributed by atoms with van der Waals surface area (Å²) in [4.78, 5) is 22.3. The smallest absolute Gasteiger partial charge is 0.218 e. The lowest BCUT2D eigenvalue weighted by molar-refractivity contribution is -0.117. The lowest BCUT2D eigenvalue weighted by Gasteiger charge is -2.28. The number of carbonyl (C=O) groups is 1. The zero-order chi connectivity index (χ0) is 20.5. The van der Waals surface area contributed by atoms with Crippen molar-refractivity contribution in [2.24, 2.45) is 5.73 Å². The summed E-state index contributed by atoms with van der Waals surface area (Å²) in [6, 6.07) is 2.77. The molecular formula is C17H19ClFN5O3S. The molecule has 0 atom stereocenters. The molecule has 3 N–H and O–H groups in total. The van der Waals surface area contributed by atoms with Crippen LogP contribution in [0.25, 0.3) is 17.1 Å². The average molecular weight is 428 g/mol. The van der Waals surface area contributed by atoms with E-state index in [-0.39, 0.29) is 25.3 Å². The molecule has 0 fully saturated rings. The summed E-state index contributed by atoms with van der Waals surface area (Å²) in [5.41, 5.74) is 7.66. The monoisotopic (exact) mass is 427 g/mol. The zero-order valence-corrected chi connectivity index (χ0v) is 16.6. The largest absolute Gasteiger partial charge is 0.370 e. The molecule has 150 valence electrons. The normalized spacial score (nSPS) is 15.8. The van der Waals surface area contributed by atoms with Gasteiger partial charge in [-0.3, -0.25) is 4.79 Å². The van der Waals surface area contributed by atoms with Crippen molar-refractivity contribution in [3.63, 3.8) is 0 Å². The number of rotatable bonds is 6. The van der Waals surface area contributed by atoms with Crippen LogP contribution in [0.15, 0.2) is 23.9 Å². The van der Waals surface area contributed by atoms with Crippen molar-refractivity contribution in [1.82, 2.24) is 19.3 Å². The number of hydrogen-bond acceptors (Lipinski definition) is 5. The fourth-order valence-corrected chi connectivity index (χ4v) is 4.72. The summed E-state index contributed by atoms with van der Waals surface area (Å²) in [6.07, 6.45) is 1.29. The Morgan fingerprint density at radius 1 is 1.43 bits per heavy atom. The molecule has 0 aliphatic carbocycles. The van der Waals surface area contributed by atoms with Gasteiger partial charge in [-0.15, -0.1) is 0 Å². The molecular weight excluding hydrogens is 409 g/mol. The minimum absolute atomic E-state index is 0.184. The molecule has 0 unspecified atom stereocenters. The SMILES string of the molecule is CC1=C(c2nc(-c3ccc(F)cn3)[nH]c2Cl)CCN(S(=O)(=O)CCC(N)=O)C1. The number of carbonyl (C=O) groups excluding carboxylic acids is 1. The molecule has 2 aromatic rings. The van der Waals surface area contributed by atoms with E-state index in [0.29, 0.717) is 28.8 Å². The number of nitrogens with zero attached hydrogens (tertiary/aromatic N) is 3. The predicted octanol–water partition coefficient (Wildman–Crippen LogP) is 1.95. The molecule has 0 saturated carbocycles. The highest BCUT2D eigenvalue weighted by Crippen LogP contribution is 2.33. The maximum Gasteiger partial charge on any atom is 0.218 e. The second-order valence-corrected chi connectivity index (χ2v) is 8.95. The van der Waals surface area contributed by atoms with E-state index in [2.05, 4.69) is 15.0 Å². The molecule has 0 aromatic carbocycles.